The van der Waals surface area contributed by atoms with E-state index in [1.807, 2.05) is 90.4 Å². The quantitative estimate of drug-likeness (QED) is 0.457. The van der Waals surface area contributed by atoms with E-state index in [9.17, 15) is 9.59 Å². The molecule has 1 saturated carbocycles. The van der Waals surface area contributed by atoms with E-state index in [0.29, 0.717) is 11.3 Å². The lowest BCUT2D eigenvalue weighted by molar-refractivity contribution is -0.117. The minimum Gasteiger partial charge on any atom is -0.378 e. The van der Waals surface area contributed by atoms with Crippen LogP contribution in [0, 0.1) is 5.92 Å². The van der Waals surface area contributed by atoms with Gasteiger partial charge in [0.2, 0.25) is 5.91 Å². The van der Waals surface area contributed by atoms with Crippen molar-refractivity contribution in [3.05, 3.63) is 78.5 Å². The molecule has 1 aliphatic carbocycles. The van der Waals surface area contributed by atoms with E-state index in [4.69, 9.17) is 0 Å². The third-order valence-electron chi connectivity index (χ3n) is 5.80. The third kappa shape index (κ3) is 4.43. The van der Waals surface area contributed by atoms with Crippen molar-refractivity contribution < 1.29 is 9.59 Å². The third-order valence-corrected chi connectivity index (χ3v) is 5.80. The second-order valence-corrected chi connectivity index (χ2v) is 8.54. The van der Waals surface area contributed by atoms with Crippen LogP contribution in [-0.4, -0.2) is 35.7 Å². The Morgan fingerprint density at radius 2 is 1.61 bits per heavy atom. The number of aromatic nitrogens is 2. The van der Waals surface area contributed by atoms with E-state index in [2.05, 4.69) is 15.7 Å². The van der Waals surface area contributed by atoms with E-state index in [1.165, 1.54) is 0 Å². The summed E-state index contributed by atoms with van der Waals surface area (Å²) in [5, 5.41) is 11.4. The summed E-state index contributed by atoms with van der Waals surface area (Å²) in [5.74, 6) is 0.103. The summed E-state index contributed by atoms with van der Waals surface area (Å²) in [6.07, 6.45) is 3.74. The average Bonchev–Trinajstić information content (AvgIpc) is 3.60. The Bertz CT molecular complexity index is 1320. The van der Waals surface area contributed by atoms with Gasteiger partial charge < -0.3 is 15.5 Å². The molecular weight excluding hydrogens is 414 g/mol. The molecular formula is C26H25N5O2. The number of amides is 2. The van der Waals surface area contributed by atoms with Crippen LogP contribution >= 0.6 is 0 Å². The zero-order valence-electron chi connectivity index (χ0n) is 18.6. The first-order valence-corrected chi connectivity index (χ1v) is 11.0. The molecule has 1 heterocycles. The Morgan fingerprint density at radius 3 is 2.27 bits per heavy atom. The van der Waals surface area contributed by atoms with Crippen LogP contribution in [0.15, 0.2) is 72.9 Å². The Kier molecular flexibility index (Phi) is 5.30. The number of hydrogen-bond acceptors (Lipinski definition) is 4. The Morgan fingerprint density at radius 1 is 0.909 bits per heavy atom. The number of nitrogens with zero attached hydrogens (tertiary/aromatic N) is 3. The molecule has 0 radical (unpaired) electrons. The minimum absolute atomic E-state index is 0.0908. The number of nitrogens with one attached hydrogen (secondary N) is 2. The zero-order chi connectivity index (χ0) is 22.9. The Balaban J connectivity index is 1.29. The highest BCUT2D eigenvalue weighted by Crippen LogP contribution is 2.31. The van der Waals surface area contributed by atoms with E-state index in [0.717, 1.165) is 40.8 Å². The number of carbonyl (C=O) groups excluding carboxylic acids is 2. The molecule has 0 spiro atoms. The fourth-order valence-electron chi connectivity index (χ4n) is 3.71. The van der Waals surface area contributed by atoms with Gasteiger partial charge in [0.15, 0.2) is 0 Å². The van der Waals surface area contributed by atoms with Gasteiger partial charge in [0.1, 0.15) is 0 Å². The zero-order valence-corrected chi connectivity index (χ0v) is 18.6. The number of hydrogen-bond donors (Lipinski definition) is 2. The van der Waals surface area contributed by atoms with Gasteiger partial charge >= 0.3 is 0 Å². The van der Waals surface area contributed by atoms with E-state index in [1.54, 1.807) is 6.20 Å². The molecule has 0 atom stereocenters. The van der Waals surface area contributed by atoms with Crippen LogP contribution in [0.2, 0.25) is 0 Å². The molecule has 1 aromatic heterocycles. The van der Waals surface area contributed by atoms with Gasteiger partial charge in [-0.2, -0.15) is 5.10 Å². The van der Waals surface area contributed by atoms with Gasteiger partial charge in [0.05, 0.1) is 17.4 Å². The maximum absolute atomic E-state index is 12.6. The monoisotopic (exact) mass is 439 g/mol. The van der Waals surface area contributed by atoms with Crippen LogP contribution in [0.1, 0.15) is 23.2 Å². The second kappa shape index (κ2) is 8.43. The summed E-state index contributed by atoms with van der Waals surface area (Å²) in [7, 11) is 3.93. The molecule has 1 aliphatic rings. The molecule has 7 nitrogen and oxygen atoms in total. The first-order valence-electron chi connectivity index (χ1n) is 11.0. The maximum Gasteiger partial charge on any atom is 0.255 e. The molecule has 5 rings (SSSR count). The summed E-state index contributed by atoms with van der Waals surface area (Å²) >= 11 is 0. The molecule has 3 aromatic carbocycles. The standard InChI is InChI=1S/C26H25N5O2/c1-30(2)22-10-5-18(6-11-22)25(32)28-20-7-12-23(13-8-20)31-24-14-9-21(15-19(24)16-27-31)29-26(33)17-3-4-17/h5-17H,3-4H2,1-2H3,(H,28,32)(H,29,33). The lowest BCUT2D eigenvalue weighted by Crippen LogP contribution is -2.13. The van der Waals surface area contributed by atoms with Crippen LogP contribution < -0.4 is 15.5 Å². The summed E-state index contributed by atoms with van der Waals surface area (Å²) in [5.41, 5.74) is 4.97. The lowest BCUT2D eigenvalue weighted by Gasteiger charge is -2.13. The molecule has 166 valence electrons. The van der Waals surface area contributed by atoms with Crippen LogP contribution in [0.3, 0.4) is 0 Å². The van der Waals surface area contributed by atoms with Crippen molar-refractivity contribution in [3.63, 3.8) is 0 Å². The van der Waals surface area contributed by atoms with Crippen molar-refractivity contribution >= 4 is 39.8 Å². The number of carbonyl (C=O) groups is 2. The highest BCUT2D eigenvalue weighted by Gasteiger charge is 2.29. The summed E-state index contributed by atoms with van der Waals surface area (Å²) in [4.78, 5) is 26.6. The van der Waals surface area contributed by atoms with Gasteiger partial charge in [-0.05, 0) is 79.6 Å². The van der Waals surface area contributed by atoms with Gasteiger partial charge in [-0.15, -0.1) is 0 Å². The SMILES string of the molecule is CN(C)c1ccc(C(=O)Nc2ccc(-n3ncc4cc(NC(=O)C5CC5)ccc43)cc2)cc1. The van der Waals surface area contributed by atoms with E-state index >= 15 is 0 Å². The molecule has 0 aliphatic heterocycles. The van der Waals surface area contributed by atoms with Gasteiger partial charge in [-0.1, -0.05) is 0 Å². The summed E-state index contributed by atoms with van der Waals surface area (Å²) in [6.45, 7) is 0. The first-order chi connectivity index (χ1) is 16.0. The Labute approximate surface area is 192 Å². The summed E-state index contributed by atoms with van der Waals surface area (Å²) < 4.78 is 1.84. The van der Waals surface area contributed by atoms with E-state index in [-0.39, 0.29) is 17.7 Å². The highest BCUT2D eigenvalue weighted by molar-refractivity contribution is 6.04. The van der Waals surface area contributed by atoms with Crippen molar-refractivity contribution in [2.45, 2.75) is 12.8 Å². The molecule has 2 N–H and O–H groups in total. The van der Waals surface area contributed by atoms with Gasteiger partial charge in [0.25, 0.3) is 5.91 Å². The number of rotatable bonds is 6. The average molecular weight is 440 g/mol. The molecule has 7 heteroatoms. The normalized spacial score (nSPS) is 13.0. The second-order valence-electron chi connectivity index (χ2n) is 8.54. The molecule has 0 bridgehead atoms. The van der Waals surface area contributed by atoms with Crippen molar-refractivity contribution in [2.24, 2.45) is 5.92 Å². The van der Waals surface area contributed by atoms with Crippen LogP contribution in [0.25, 0.3) is 16.6 Å². The number of fused-ring (bicyclic) bond motifs is 1. The molecule has 4 aromatic rings. The maximum atomic E-state index is 12.6. The van der Waals surface area contributed by atoms with Crippen LogP contribution in [0.4, 0.5) is 17.1 Å². The smallest absolute Gasteiger partial charge is 0.255 e. The van der Waals surface area contributed by atoms with Crippen LogP contribution in [-0.2, 0) is 4.79 Å². The first kappa shape index (κ1) is 20.8. The van der Waals surface area contributed by atoms with Crippen molar-refractivity contribution in [2.75, 3.05) is 29.6 Å². The van der Waals surface area contributed by atoms with Crippen molar-refractivity contribution in [1.82, 2.24) is 9.78 Å². The van der Waals surface area contributed by atoms with Crippen molar-refractivity contribution in [3.8, 4) is 5.69 Å². The lowest BCUT2D eigenvalue weighted by atomic mass is 10.2. The van der Waals surface area contributed by atoms with Gasteiger partial charge in [0, 0.05) is 48.0 Å². The minimum atomic E-state index is -0.154. The number of anilines is 3. The predicted molar refractivity (Wildman–Crippen MR) is 131 cm³/mol. The topological polar surface area (TPSA) is 79.3 Å². The number of benzene rings is 3. The highest BCUT2D eigenvalue weighted by atomic mass is 16.2. The molecule has 0 saturated heterocycles. The fourth-order valence-corrected chi connectivity index (χ4v) is 3.71. The largest absolute Gasteiger partial charge is 0.378 e. The molecule has 0 unspecified atom stereocenters. The fraction of sp³-hybridized carbons (Fsp3) is 0.192. The Hall–Kier alpha value is -4.13. The molecule has 2 amide bonds. The predicted octanol–water partition coefficient (Wildman–Crippen LogP) is 4.69. The summed E-state index contributed by atoms with van der Waals surface area (Å²) in [6, 6.07) is 20.8. The van der Waals surface area contributed by atoms with Crippen molar-refractivity contribution in [1.29, 1.82) is 0 Å². The van der Waals surface area contributed by atoms with Crippen LogP contribution in [0.5, 0.6) is 0 Å². The van der Waals surface area contributed by atoms with Gasteiger partial charge in [-0.25, -0.2) is 4.68 Å². The van der Waals surface area contributed by atoms with E-state index < -0.39 is 0 Å². The molecule has 33 heavy (non-hydrogen) atoms. The van der Waals surface area contributed by atoms with Gasteiger partial charge in [-0.3, -0.25) is 9.59 Å². The molecule has 1 fully saturated rings.